The van der Waals surface area contributed by atoms with Gasteiger partial charge < -0.3 is 20.8 Å². The van der Waals surface area contributed by atoms with Gasteiger partial charge in [0.25, 0.3) is 0 Å². The van der Waals surface area contributed by atoms with Crippen LogP contribution in [0.25, 0.3) is 0 Å². The fourth-order valence-electron chi connectivity index (χ4n) is 0. The Hall–Kier alpha value is 2.59. The second-order valence-corrected chi connectivity index (χ2v) is 0.346. The summed E-state index contributed by atoms with van der Waals surface area (Å²) in [6.07, 6.45) is 0. The van der Waals surface area contributed by atoms with Gasteiger partial charge in [-0.3, -0.25) is 0 Å². The van der Waals surface area contributed by atoms with Crippen molar-refractivity contribution in [3.63, 3.8) is 0 Å². The third kappa shape index (κ3) is 55.5. The Kier molecular flexibility index (Phi) is 51.2. The van der Waals surface area contributed by atoms with E-state index < -0.39 is 7.32 Å². The molecule has 7 heavy (non-hydrogen) atoms. The molecule has 0 fully saturated rings. The first-order valence-corrected chi connectivity index (χ1v) is 0.775. The van der Waals surface area contributed by atoms with Gasteiger partial charge in [-0.25, -0.2) is 0 Å². The van der Waals surface area contributed by atoms with Crippen molar-refractivity contribution in [3.05, 3.63) is 0 Å². The summed E-state index contributed by atoms with van der Waals surface area (Å²) in [5.74, 6) is 0. The first-order chi connectivity index (χ1) is 1.73. The summed E-state index contributed by atoms with van der Waals surface area (Å²) in [4.78, 5) is 0. The Balaban J connectivity index is -0.00000000214. The van der Waals surface area contributed by atoms with E-state index in [0.29, 0.717) is 0 Å². The van der Waals surface area contributed by atoms with Gasteiger partial charge in [-0.05, 0) is 0 Å². The van der Waals surface area contributed by atoms with Crippen LogP contribution in [-0.2, 0) is 19.5 Å². The molecule has 0 aromatic heterocycles. The molecule has 0 aliphatic heterocycles. The van der Waals surface area contributed by atoms with Crippen LogP contribution in [0.15, 0.2) is 0 Å². The maximum absolute atomic E-state index is 7.17. The first-order valence-electron chi connectivity index (χ1n) is 0.775. The second kappa shape index (κ2) is 15.8. The zero-order chi connectivity index (χ0) is 3.58. The molecule has 0 rings (SSSR count). The van der Waals surface area contributed by atoms with Crippen LogP contribution in [-0.4, -0.2) is 83.2 Å². The van der Waals surface area contributed by atoms with Crippen LogP contribution < -0.4 is 0 Å². The van der Waals surface area contributed by atoms with Crippen molar-refractivity contribution in [3.8, 4) is 0 Å². The molecule has 0 saturated heterocycles. The van der Waals surface area contributed by atoms with E-state index in [-0.39, 0.29) is 86.0 Å². The molecule has 3 N–H and O–H groups in total. The largest absolute Gasteiger partial charge is 2.00 e. The van der Waals surface area contributed by atoms with Gasteiger partial charge in [0, 0.05) is 19.5 Å². The number of hydrogen-bond donors (Lipinski definition) is 3. The molecular formula is H7BCaMgO3Zn. The molecule has 0 aromatic carbocycles. The average Bonchev–Trinajstić information content (AvgIpc) is 0.811. The molecule has 0 amide bonds. The summed E-state index contributed by atoms with van der Waals surface area (Å²) < 4.78 is 0. The molecule has 0 aliphatic carbocycles. The zero-order valence-electron chi connectivity index (χ0n) is 8.04. The van der Waals surface area contributed by atoms with Gasteiger partial charge in [-0.15, -0.1) is 0 Å². The molecule has 0 unspecified atom stereocenters. The van der Waals surface area contributed by atoms with Crippen molar-refractivity contribution in [1.29, 1.82) is 0 Å². The summed E-state index contributed by atoms with van der Waals surface area (Å²) in [7, 11) is -2.17. The van der Waals surface area contributed by atoms with E-state index in [4.69, 9.17) is 15.1 Å². The molecule has 0 radical (unpaired) electrons. The standard InChI is InChI=1S/BH3O3.Ca.Mg.Zn.4H/c2-1(3)4;;;;;;;/h2-4H;;;;;;;/q;2*+2;;4*-1. The van der Waals surface area contributed by atoms with Crippen LogP contribution in [0, 0.1) is 0 Å². The summed E-state index contributed by atoms with van der Waals surface area (Å²) in [6.45, 7) is 0. The Labute approximate surface area is 107 Å². The molecule has 7 heteroatoms. The monoisotopic (exact) mass is 194 g/mol. The molecule has 0 spiro atoms. The molecule has 0 heterocycles. The third-order valence-corrected chi connectivity index (χ3v) is 0. The van der Waals surface area contributed by atoms with E-state index in [1.807, 2.05) is 0 Å². The molecule has 0 saturated carbocycles. The number of hydrogen-bond acceptors (Lipinski definition) is 3. The summed E-state index contributed by atoms with van der Waals surface area (Å²) >= 11 is 0. The topological polar surface area (TPSA) is 60.7 Å². The van der Waals surface area contributed by atoms with Crippen LogP contribution in [0.2, 0.25) is 0 Å². The molecule has 0 aromatic rings. The smallest absolute Gasteiger partial charge is 1.00 e. The minimum atomic E-state index is -2.17. The van der Waals surface area contributed by atoms with E-state index in [1.54, 1.807) is 0 Å². The van der Waals surface area contributed by atoms with E-state index >= 15 is 0 Å². The van der Waals surface area contributed by atoms with Crippen LogP contribution in [0.5, 0.6) is 0 Å². The van der Waals surface area contributed by atoms with Crippen LogP contribution in [0.4, 0.5) is 0 Å². The van der Waals surface area contributed by atoms with Gasteiger partial charge in [0.05, 0.1) is 0 Å². The van der Waals surface area contributed by atoms with E-state index in [0.717, 1.165) is 0 Å². The van der Waals surface area contributed by atoms with Gasteiger partial charge in [-0.2, -0.15) is 0 Å². The van der Waals surface area contributed by atoms with Crippen molar-refractivity contribution >= 4 is 68.1 Å². The zero-order valence-corrected chi connectivity index (χ0v) is 10.6. The average molecular weight is 196 g/mol. The van der Waals surface area contributed by atoms with Gasteiger partial charge in [0.2, 0.25) is 0 Å². The van der Waals surface area contributed by atoms with Gasteiger partial charge >= 0.3 is 68.1 Å². The van der Waals surface area contributed by atoms with E-state index in [2.05, 4.69) is 0 Å². The Morgan fingerprint density at radius 2 is 1.14 bits per heavy atom. The van der Waals surface area contributed by atoms with Crippen molar-refractivity contribution < 1.29 is 40.3 Å². The van der Waals surface area contributed by atoms with Crippen molar-refractivity contribution in [1.82, 2.24) is 0 Å². The fraction of sp³-hybridized carbons (Fsp3) is 0. The van der Waals surface area contributed by atoms with Crippen LogP contribution in [0.3, 0.4) is 0 Å². The third-order valence-electron chi connectivity index (χ3n) is 0. The predicted molar refractivity (Wildman–Crippen MR) is 28.4 cm³/mol. The Morgan fingerprint density at radius 1 is 1.14 bits per heavy atom. The normalized spacial score (nSPS) is 3.86. The molecule has 3 nitrogen and oxygen atoms in total. The van der Waals surface area contributed by atoms with Crippen LogP contribution >= 0.6 is 0 Å². The molecule has 0 aliphatic rings. The quantitative estimate of drug-likeness (QED) is 0.379. The maximum atomic E-state index is 7.17. The van der Waals surface area contributed by atoms with Gasteiger partial charge in [0.15, 0.2) is 0 Å². The Bertz CT molecular complexity index is 30.1. The van der Waals surface area contributed by atoms with Gasteiger partial charge in [0.1, 0.15) is 0 Å². The SMILES string of the molecule is OB(O)O.[Ca+2].[H-].[H-].[H-].[H-].[Mg+2].[Zn]. The fourth-order valence-corrected chi connectivity index (χ4v) is 0. The predicted octanol–water partition coefficient (Wildman–Crippen LogP) is -2.37. The van der Waals surface area contributed by atoms with Crippen molar-refractivity contribution in [2.75, 3.05) is 0 Å². The van der Waals surface area contributed by atoms with E-state index in [1.165, 1.54) is 0 Å². The van der Waals surface area contributed by atoms with Crippen LogP contribution in [0.1, 0.15) is 5.71 Å². The maximum Gasteiger partial charge on any atom is 2.00 e. The molecule has 0 atom stereocenters. The number of rotatable bonds is 0. The summed E-state index contributed by atoms with van der Waals surface area (Å²) in [6, 6.07) is 0. The summed E-state index contributed by atoms with van der Waals surface area (Å²) in [5.41, 5.74) is 0. The summed E-state index contributed by atoms with van der Waals surface area (Å²) in [5, 5.41) is 21.5. The molecule has 34 valence electrons. The minimum Gasteiger partial charge on any atom is -1.00 e. The first kappa shape index (κ1) is 22.6. The molecular weight excluding hydrogens is 189 g/mol. The van der Waals surface area contributed by atoms with Gasteiger partial charge in [-0.1, -0.05) is 0 Å². The Morgan fingerprint density at radius 3 is 1.14 bits per heavy atom. The van der Waals surface area contributed by atoms with E-state index in [9.17, 15) is 0 Å². The second-order valence-electron chi connectivity index (χ2n) is 0.346. The van der Waals surface area contributed by atoms with Crippen molar-refractivity contribution in [2.45, 2.75) is 0 Å². The van der Waals surface area contributed by atoms with Crippen molar-refractivity contribution in [2.24, 2.45) is 0 Å². The molecule has 0 bridgehead atoms. The minimum absolute atomic E-state index is 0.